The maximum Gasteiger partial charge on any atom is 0.310 e. The van der Waals surface area contributed by atoms with Crippen LogP contribution >= 0.6 is 10.7 Å². The second-order valence-electron chi connectivity index (χ2n) is 5.33. The summed E-state index contributed by atoms with van der Waals surface area (Å²) in [6.07, 6.45) is 5.03. The molecule has 104 valence electrons. The zero-order chi connectivity index (χ0) is 13.5. The summed E-state index contributed by atoms with van der Waals surface area (Å²) in [7, 11) is 1.63. The third-order valence-electron chi connectivity index (χ3n) is 4.28. The topological polar surface area (TPSA) is 49.4 Å². The van der Waals surface area contributed by atoms with E-state index in [4.69, 9.17) is 10.7 Å². The van der Waals surface area contributed by atoms with Crippen molar-refractivity contribution in [2.24, 2.45) is 0 Å². The van der Waals surface area contributed by atoms with Crippen LogP contribution in [0.2, 0.25) is 0 Å². The van der Waals surface area contributed by atoms with E-state index in [1.54, 1.807) is 0 Å². The Labute approximate surface area is 118 Å². The van der Waals surface area contributed by atoms with Gasteiger partial charge in [-0.15, -0.1) is 4.83 Å². The molecular weight excluding hydrogens is 284 g/mol. The highest BCUT2D eigenvalue weighted by molar-refractivity contribution is 8.12. The normalized spacial score (nSPS) is 27.6. The van der Waals surface area contributed by atoms with Gasteiger partial charge in [0.25, 0.3) is 0 Å². The minimum Gasteiger partial charge on any atom is -0.219 e. The number of halogens is 1. The second-order valence-corrected chi connectivity index (χ2v) is 7.60. The van der Waals surface area contributed by atoms with Crippen molar-refractivity contribution in [1.82, 2.24) is 9.84 Å². The number of hydrazine groups is 1. The summed E-state index contributed by atoms with van der Waals surface area (Å²) >= 11 is 0. The van der Waals surface area contributed by atoms with Gasteiger partial charge in [0.15, 0.2) is 0 Å². The quantitative estimate of drug-likeness (QED) is 0.853. The molecule has 6 heteroatoms. The Balaban J connectivity index is 2.01. The average molecular weight is 301 g/mol. The largest absolute Gasteiger partial charge is 0.310 e. The number of benzene rings is 1. The fraction of sp³-hybridized carbons (Fsp3) is 0.538. The van der Waals surface area contributed by atoms with Crippen LogP contribution in [0.3, 0.4) is 0 Å². The summed E-state index contributed by atoms with van der Waals surface area (Å²) in [5.74, 6) is 0. The number of fused-ring (bicyclic) bond motifs is 2. The van der Waals surface area contributed by atoms with Gasteiger partial charge < -0.3 is 0 Å². The average Bonchev–Trinajstić information content (AvgIpc) is 2.72. The minimum atomic E-state index is -3.74. The highest BCUT2D eigenvalue weighted by atomic mass is 35.7. The molecule has 0 amide bonds. The second kappa shape index (κ2) is 4.74. The van der Waals surface area contributed by atoms with Crippen LogP contribution in [0, 0.1) is 0 Å². The molecule has 1 spiro atoms. The molecule has 1 aliphatic heterocycles. The molecule has 4 nitrogen and oxygen atoms in total. The molecule has 1 unspecified atom stereocenters. The maximum absolute atomic E-state index is 11.4. The van der Waals surface area contributed by atoms with Gasteiger partial charge in [-0.1, -0.05) is 24.3 Å². The molecule has 3 rings (SSSR count). The molecule has 19 heavy (non-hydrogen) atoms. The molecule has 1 aromatic carbocycles. The van der Waals surface area contributed by atoms with Gasteiger partial charge in [-0.25, -0.2) is 5.01 Å². The molecule has 0 bridgehead atoms. The van der Waals surface area contributed by atoms with Crippen LogP contribution < -0.4 is 4.83 Å². The van der Waals surface area contributed by atoms with E-state index in [1.807, 2.05) is 17.1 Å². The van der Waals surface area contributed by atoms with Gasteiger partial charge in [-0.2, -0.15) is 8.42 Å². The lowest BCUT2D eigenvalue weighted by Gasteiger charge is -2.44. The minimum absolute atomic E-state index is 0.212. The molecule has 2 aliphatic rings. The number of piperidine rings is 1. The fourth-order valence-corrected chi connectivity index (χ4v) is 4.29. The van der Waals surface area contributed by atoms with Gasteiger partial charge in [-0.3, -0.25) is 0 Å². The van der Waals surface area contributed by atoms with Gasteiger partial charge in [0.05, 0.1) is 5.54 Å². The number of aryl methyl sites for hydroxylation is 1. The van der Waals surface area contributed by atoms with E-state index < -0.39 is 9.24 Å². The van der Waals surface area contributed by atoms with Crippen LogP contribution in [-0.2, 0) is 21.2 Å². The van der Waals surface area contributed by atoms with E-state index in [0.717, 1.165) is 32.1 Å². The zero-order valence-corrected chi connectivity index (χ0v) is 12.2. The fourth-order valence-electron chi connectivity index (χ4n) is 3.51. The van der Waals surface area contributed by atoms with Gasteiger partial charge in [0, 0.05) is 17.2 Å². The first kappa shape index (κ1) is 13.4. The lowest BCUT2D eigenvalue weighted by molar-refractivity contribution is 0.0234. The first-order chi connectivity index (χ1) is 9.01. The summed E-state index contributed by atoms with van der Waals surface area (Å²) in [5, 5.41) is 1.84. The highest BCUT2D eigenvalue weighted by Crippen LogP contribution is 2.46. The number of hydrogen-bond donors (Lipinski definition) is 1. The van der Waals surface area contributed by atoms with Crippen LogP contribution in [0.1, 0.15) is 36.8 Å². The Morgan fingerprint density at radius 2 is 2.00 bits per heavy atom. The molecule has 1 heterocycles. The van der Waals surface area contributed by atoms with E-state index in [0.29, 0.717) is 6.54 Å². The van der Waals surface area contributed by atoms with Gasteiger partial charge >= 0.3 is 9.24 Å². The molecule has 0 aromatic heterocycles. The van der Waals surface area contributed by atoms with Gasteiger partial charge in [-0.05, 0) is 43.2 Å². The van der Waals surface area contributed by atoms with Crippen LogP contribution in [0.15, 0.2) is 24.3 Å². The molecule has 1 atom stereocenters. The van der Waals surface area contributed by atoms with Crippen molar-refractivity contribution < 1.29 is 8.42 Å². The predicted molar refractivity (Wildman–Crippen MR) is 74.9 cm³/mol. The molecule has 0 radical (unpaired) electrons. The number of nitrogens with one attached hydrogen (secondary N) is 1. The van der Waals surface area contributed by atoms with Crippen molar-refractivity contribution >= 4 is 19.9 Å². The van der Waals surface area contributed by atoms with Crippen molar-refractivity contribution in [3.05, 3.63) is 35.4 Å². The molecule has 1 saturated heterocycles. The first-order valence-electron chi connectivity index (χ1n) is 6.59. The smallest absolute Gasteiger partial charge is 0.219 e. The number of rotatable bonds is 2. The van der Waals surface area contributed by atoms with Crippen molar-refractivity contribution in [2.75, 3.05) is 6.54 Å². The summed E-state index contributed by atoms with van der Waals surface area (Å²) in [4.78, 5) is 2.50. The Morgan fingerprint density at radius 3 is 2.79 bits per heavy atom. The standard InChI is InChI=1S/C13H17ClN2O2S/c14-19(17,18)15-16-10-4-3-8-13(16)9-7-11-5-1-2-6-12(11)13/h1-2,5-6,15H,3-4,7-10H2. The highest BCUT2D eigenvalue weighted by Gasteiger charge is 2.45. The Bertz CT molecular complexity index is 586. The summed E-state index contributed by atoms with van der Waals surface area (Å²) < 4.78 is 22.7. The molecular formula is C13H17ClN2O2S. The monoisotopic (exact) mass is 300 g/mol. The predicted octanol–water partition coefficient (Wildman–Crippen LogP) is 2.30. The molecule has 0 saturated carbocycles. The third-order valence-corrected chi connectivity index (χ3v) is 4.93. The van der Waals surface area contributed by atoms with Crippen molar-refractivity contribution in [1.29, 1.82) is 0 Å². The molecule has 1 aromatic rings. The van der Waals surface area contributed by atoms with E-state index in [-0.39, 0.29) is 5.54 Å². The van der Waals surface area contributed by atoms with Gasteiger partial charge in [0.2, 0.25) is 0 Å². The summed E-state index contributed by atoms with van der Waals surface area (Å²) in [6.45, 7) is 0.709. The molecule has 1 aliphatic carbocycles. The summed E-state index contributed by atoms with van der Waals surface area (Å²) in [5.41, 5.74) is 2.36. The lowest BCUT2D eigenvalue weighted by Crippen LogP contribution is -2.55. The van der Waals surface area contributed by atoms with E-state index in [1.165, 1.54) is 11.1 Å². The van der Waals surface area contributed by atoms with Crippen LogP contribution in [0.4, 0.5) is 0 Å². The summed E-state index contributed by atoms with van der Waals surface area (Å²) in [6, 6.07) is 8.31. The Hall–Kier alpha value is -0.620. The van der Waals surface area contributed by atoms with Crippen molar-refractivity contribution in [3.63, 3.8) is 0 Å². The zero-order valence-electron chi connectivity index (χ0n) is 10.6. The number of hydrogen-bond acceptors (Lipinski definition) is 3. The van der Waals surface area contributed by atoms with E-state index in [2.05, 4.69) is 17.0 Å². The third kappa shape index (κ3) is 2.40. The SMILES string of the molecule is O=S(=O)(Cl)NN1CCCCC12CCc1ccccc12. The van der Waals surface area contributed by atoms with E-state index in [9.17, 15) is 8.42 Å². The van der Waals surface area contributed by atoms with Crippen LogP contribution in [0.25, 0.3) is 0 Å². The Morgan fingerprint density at radius 1 is 1.21 bits per heavy atom. The first-order valence-corrected chi connectivity index (χ1v) is 8.90. The lowest BCUT2D eigenvalue weighted by atomic mass is 9.83. The van der Waals surface area contributed by atoms with Crippen molar-refractivity contribution in [2.45, 2.75) is 37.6 Å². The van der Waals surface area contributed by atoms with Crippen molar-refractivity contribution in [3.8, 4) is 0 Å². The van der Waals surface area contributed by atoms with Crippen LogP contribution in [0.5, 0.6) is 0 Å². The number of nitrogens with zero attached hydrogens (tertiary/aromatic N) is 1. The van der Waals surface area contributed by atoms with Gasteiger partial charge in [0.1, 0.15) is 0 Å². The Kier molecular flexibility index (Phi) is 3.33. The maximum atomic E-state index is 11.4. The molecule has 1 N–H and O–H groups in total. The van der Waals surface area contributed by atoms with E-state index >= 15 is 0 Å². The van der Waals surface area contributed by atoms with Crippen LogP contribution in [-0.4, -0.2) is 20.0 Å². The molecule has 1 fully saturated rings.